The molecule has 0 radical (unpaired) electrons. The zero-order valence-corrected chi connectivity index (χ0v) is 14.1. The smallest absolute Gasteiger partial charge is 0.271 e. The highest BCUT2D eigenvalue weighted by atomic mass is 16.2. The fraction of sp³-hybridized carbons (Fsp3) is 0.263. The van der Waals surface area contributed by atoms with E-state index in [1.54, 1.807) is 12.3 Å². The molecule has 120 valence electrons. The summed E-state index contributed by atoms with van der Waals surface area (Å²) in [5, 5.41) is 4.03. The lowest BCUT2D eigenvalue weighted by Gasteiger charge is -2.12. The van der Waals surface area contributed by atoms with Crippen LogP contribution in [0.5, 0.6) is 0 Å². The van der Waals surface area contributed by atoms with Crippen LogP contribution >= 0.6 is 0 Å². The lowest BCUT2D eigenvalue weighted by molar-refractivity contribution is 0.0955. The fourth-order valence-corrected chi connectivity index (χ4v) is 2.12. The van der Waals surface area contributed by atoms with Gasteiger partial charge >= 0.3 is 0 Å². The van der Waals surface area contributed by atoms with Gasteiger partial charge in [-0.1, -0.05) is 44.2 Å². The highest BCUT2D eigenvalue weighted by molar-refractivity contribution is 5.95. The third-order valence-corrected chi connectivity index (χ3v) is 3.61. The van der Waals surface area contributed by atoms with Gasteiger partial charge in [0.2, 0.25) is 0 Å². The Balaban J connectivity index is 1.99. The monoisotopic (exact) mass is 309 g/mol. The molecule has 0 aliphatic heterocycles. The molecule has 0 spiro atoms. The molecule has 0 aromatic heterocycles. The number of anilines is 1. The molecule has 2 aromatic carbocycles. The number of rotatable bonds is 5. The predicted octanol–water partition coefficient (Wildman–Crippen LogP) is 3.64. The number of nitrogens with zero attached hydrogens (tertiary/aromatic N) is 2. The molecule has 0 saturated heterocycles. The van der Waals surface area contributed by atoms with Crippen molar-refractivity contribution in [2.24, 2.45) is 5.10 Å². The van der Waals surface area contributed by atoms with E-state index in [2.05, 4.69) is 36.5 Å². The normalized spacial score (nSPS) is 11.0. The van der Waals surface area contributed by atoms with Crippen molar-refractivity contribution in [3.05, 3.63) is 65.2 Å². The van der Waals surface area contributed by atoms with Crippen molar-refractivity contribution >= 4 is 17.8 Å². The van der Waals surface area contributed by atoms with Gasteiger partial charge in [0.25, 0.3) is 5.91 Å². The van der Waals surface area contributed by atoms with Crippen molar-refractivity contribution < 1.29 is 4.79 Å². The molecule has 0 heterocycles. The van der Waals surface area contributed by atoms with E-state index in [0.29, 0.717) is 11.5 Å². The van der Waals surface area contributed by atoms with Crippen molar-refractivity contribution in [1.29, 1.82) is 0 Å². The highest BCUT2D eigenvalue weighted by Gasteiger charge is 2.05. The summed E-state index contributed by atoms with van der Waals surface area (Å²) in [6, 6.07) is 15.6. The van der Waals surface area contributed by atoms with Crippen LogP contribution in [-0.4, -0.2) is 26.2 Å². The Morgan fingerprint density at radius 1 is 1.13 bits per heavy atom. The fourth-order valence-electron chi connectivity index (χ4n) is 2.12. The molecule has 0 bridgehead atoms. The van der Waals surface area contributed by atoms with Crippen molar-refractivity contribution in [2.75, 3.05) is 19.0 Å². The van der Waals surface area contributed by atoms with Crippen molar-refractivity contribution in [3.8, 4) is 0 Å². The maximum absolute atomic E-state index is 12.1. The minimum absolute atomic E-state index is 0.219. The summed E-state index contributed by atoms with van der Waals surface area (Å²) in [6.07, 6.45) is 1.65. The molecule has 1 N–H and O–H groups in total. The second kappa shape index (κ2) is 7.58. The summed E-state index contributed by atoms with van der Waals surface area (Å²) >= 11 is 0. The van der Waals surface area contributed by atoms with Crippen molar-refractivity contribution in [2.45, 2.75) is 19.8 Å². The largest absolute Gasteiger partial charge is 0.378 e. The number of amides is 1. The number of hydrogen-bond donors (Lipinski definition) is 1. The minimum atomic E-state index is -0.219. The highest BCUT2D eigenvalue weighted by Crippen LogP contribution is 2.14. The summed E-state index contributed by atoms with van der Waals surface area (Å²) in [6.45, 7) is 4.32. The number of benzene rings is 2. The summed E-state index contributed by atoms with van der Waals surface area (Å²) < 4.78 is 0. The third kappa shape index (κ3) is 4.68. The minimum Gasteiger partial charge on any atom is -0.378 e. The van der Waals surface area contributed by atoms with E-state index in [4.69, 9.17) is 0 Å². The first-order valence-corrected chi connectivity index (χ1v) is 7.68. The van der Waals surface area contributed by atoms with E-state index < -0.39 is 0 Å². The molecule has 0 saturated carbocycles. The molecular formula is C19H23N3O. The van der Waals surface area contributed by atoms with E-state index >= 15 is 0 Å². The van der Waals surface area contributed by atoms with Crippen LogP contribution in [0, 0.1) is 0 Å². The Morgan fingerprint density at radius 3 is 2.43 bits per heavy atom. The molecule has 2 rings (SSSR count). The van der Waals surface area contributed by atoms with Crippen LogP contribution in [0.2, 0.25) is 0 Å². The maximum Gasteiger partial charge on any atom is 0.271 e. The van der Waals surface area contributed by atoms with E-state index in [1.165, 1.54) is 5.56 Å². The first kappa shape index (κ1) is 16.7. The Kier molecular flexibility index (Phi) is 5.52. The zero-order chi connectivity index (χ0) is 16.8. The molecule has 2 aromatic rings. The molecule has 23 heavy (non-hydrogen) atoms. The van der Waals surface area contributed by atoms with Gasteiger partial charge in [0.05, 0.1) is 6.21 Å². The van der Waals surface area contributed by atoms with Crippen molar-refractivity contribution in [1.82, 2.24) is 5.43 Å². The number of carbonyl (C=O) groups is 1. The Hall–Kier alpha value is -2.62. The van der Waals surface area contributed by atoms with Crippen LogP contribution in [0.15, 0.2) is 53.6 Å². The first-order valence-electron chi connectivity index (χ1n) is 7.68. The van der Waals surface area contributed by atoms with Gasteiger partial charge in [-0.2, -0.15) is 5.10 Å². The molecule has 0 aliphatic rings. The van der Waals surface area contributed by atoms with Crippen LogP contribution in [0.3, 0.4) is 0 Å². The molecule has 0 aliphatic carbocycles. The van der Waals surface area contributed by atoms with Gasteiger partial charge in [0.1, 0.15) is 0 Å². The number of hydrazone groups is 1. The average molecular weight is 309 g/mol. The van der Waals surface area contributed by atoms with E-state index in [0.717, 1.165) is 11.3 Å². The molecular weight excluding hydrogens is 286 g/mol. The molecule has 0 unspecified atom stereocenters. The Bertz CT molecular complexity index is 688. The van der Waals surface area contributed by atoms with Gasteiger partial charge in [-0.3, -0.25) is 4.79 Å². The summed E-state index contributed by atoms with van der Waals surface area (Å²) in [5.74, 6) is 0.286. The van der Waals surface area contributed by atoms with Crippen LogP contribution in [0.4, 0.5) is 5.69 Å². The van der Waals surface area contributed by atoms with Crippen LogP contribution < -0.4 is 10.3 Å². The quantitative estimate of drug-likeness (QED) is 0.677. The average Bonchev–Trinajstić information content (AvgIpc) is 2.55. The summed E-state index contributed by atoms with van der Waals surface area (Å²) in [5.41, 5.74) is 6.37. The molecule has 1 amide bonds. The zero-order valence-electron chi connectivity index (χ0n) is 14.1. The van der Waals surface area contributed by atoms with Crippen LogP contribution in [0.25, 0.3) is 0 Å². The summed E-state index contributed by atoms with van der Waals surface area (Å²) in [4.78, 5) is 14.1. The molecule has 4 heteroatoms. The van der Waals surface area contributed by atoms with Gasteiger partial charge in [-0.15, -0.1) is 0 Å². The number of hydrogen-bond acceptors (Lipinski definition) is 3. The Labute approximate surface area is 137 Å². The molecule has 0 fully saturated rings. The van der Waals surface area contributed by atoms with E-state index in [1.807, 2.05) is 49.3 Å². The maximum atomic E-state index is 12.1. The van der Waals surface area contributed by atoms with Gasteiger partial charge in [-0.05, 0) is 35.2 Å². The van der Waals surface area contributed by atoms with Crippen molar-refractivity contribution in [3.63, 3.8) is 0 Å². The van der Waals surface area contributed by atoms with Gasteiger partial charge in [0, 0.05) is 25.3 Å². The second-order valence-electron chi connectivity index (χ2n) is 5.97. The third-order valence-electron chi connectivity index (χ3n) is 3.61. The molecule has 0 atom stereocenters. The van der Waals surface area contributed by atoms with Gasteiger partial charge in [0.15, 0.2) is 0 Å². The lowest BCUT2D eigenvalue weighted by atomic mass is 10.0. The van der Waals surface area contributed by atoms with Gasteiger partial charge < -0.3 is 4.90 Å². The topological polar surface area (TPSA) is 44.7 Å². The van der Waals surface area contributed by atoms with Gasteiger partial charge in [-0.25, -0.2) is 5.43 Å². The summed E-state index contributed by atoms with van der Waals surface area (Å²) in [7, 11) is 3.88. The Morgan fingerprint density at radius 2 is 1.83 bits per heavy atom. The molecule has 4 nitrogen and oxygen atoms in total. The SMILES string of the molecule is CC(C)c1ccc(/C=N/NC(=O)c2cccc(N(C)C)c2)cc1. The van der Waals surface area contributed by atoms with E-state index in [9.17, 15) is 4.79 Å². The van der Waals surface area contributed by atoms with Crippen LogP contribution in [-0.2, 0) is 0 Å². The predicted molar refractivity (Wildman–Crippen MR) is 96.4 cm³/mol. The number of nitrogens with one attached hydrogen (secondary N) is 1. The first-order chi connectivity index (χ1) is 11.0. The lowest BCUT2D eigenvalue weighted by Crippen LogP contribution is -2.18. The standard InChI is InChI=1S/C19H23N3O/c1-14(2)16-10-8-15(9-11-16)13-20-21-19(23)17-6-5-7-18(12-17)22(3)4/h5-14H,1-4H3,(H,21,23)/b20-13+. The van der Waals surface area contributed by atoms with E-state index in [-0.39, 0.29) is 5.91 Å². The number of carbonyl (C=O) groups excluding carboxylic acids is 1. The van der Waals surface area contributed by atoms with Crippen LogP contribution in [0.1, 0.15) is 41.3 Å². The second-order valence-corrected chi connectivity index (χ2v) is 5.97.